The summed E-state index contributed by atoms with van der Waals surface area (Å²) in [5.41, 5.74) is 1.28. The summed E-state index contributed by atoms with van der Waals surface area (Å²) in [6.45, 7) is 1.69. The number of ether oxygens (including phenoxy) is 1. The van der Waals surface area contributed by atoms with E-state index in [-0.39, 0.29) is 0 Å². The highest BCUT2D eigenvalue weighted by Gasteiger charge is 2.13. The van der Waals surface area contributed by atoms with Gasteiger partial charge >= 0.3 is 0 Å². The van der Waals surface area contributed by atoms with Gasteiger partial charge in [0.25, 0.3) is 0 Å². The summed E-state index contributed by atoms with van der Waals surface area (Å²) in [6.07, 6.45) is 9.89. The predicted molar refractivity (Wildman–Crippen MR) is 71.9 cm³/mol. The van der Waals surface area contributed by atoms with Crippen LogP contribution in [0.5, 0.6) is 0 Å². The van der Waals surface area contributed by atoms with Gasteiger partial charge in [0, 0.05) is 6.61 Å². The lowest BCUT2D eigenvalue weighted by Gasteiger charge is -2.08. The second-order valence-electron chi connectivity index (χ2n) is 5.18. The van der Waals surface area contributed by atoms with E-state index in [2.05, 4.69) is 24.3 Å². The minimum Gasteiger partial charge on any atom is -0.377 e. The molecule has 0 saturated heterocycles. The second kappa shape index (κ2) is 7.50. The van der Waals surface area contributed by atoms with Crippen molar-refractivity contribution in [3.05, 3.63) is 35.9 Å². The van der Waals surface area contributed by atoms with Crippen LogP contribution in [0.15, 0.2) is 30.3 Å². The summed E-state index contributed by atoms with van der Waals surface area (Å²) < 4.78 is 5.68. The number of rotatable bonds is 7. The van der Waals surface area contributed by atoms with Gasteiger partial charge in [-0.3, -0.25) is 0 Å². The zero-order valence-electron chi connectivity index (χ0n) is 10.7. The van der Waals surface area contributed by atoms with Crippen molar-refractivity contribution in [1.29, 1.82) is 0 Å². The van der Waals surface area contributed by atoms with Crippen LogP contribution in [0.3, 0.4) is 0 Å². The number of hydrogen-bond donors (Lipinski definition) is 0. The van der Waals surface area contributed by atoms with E-state index in [4.69, 9.17) is 4.74 Å². The molecule has 1 aromatic rings. The molecule has 0 bridgehead atoms. The Morgan fingerprint density at radius 2 is 1.76 bits per heavy atom. The average Bonchev–Trinajstić information content (AvgIpc) is 2.88. The van der Waals surface area contributed by atoms with Crippen LogP contribution >= 0.6 is 0 Å². The molecule has 0 spiro atoms. The maximum Gasteiger partial charge on any atom is 0.0716 e. The summed E-state index contributed by atoms with van der Waals surface area (Å²) in [5, 5.41) is 0. The highest BCUT2D eigenvalue weighted by atomic mass is 16.5. The van der Waals surface area contributed by atoms with Crippen molar-refractivity contribution in [3.8, 4) is 0 Å². The predicted octanol–water partition coefficient (Wildman–Crippen LogP) is 4.56. The molecule has 2 rings (SSSR count). The highest BCUT2D eigenvalue weighted by Crippen LogP contribution is 2.28. The van der Waals surface area contributed by atoms with Gasteiger partial charge in [0.05, 0.1) is 6.61 Å². The Morgan fingerprint density at radius 1 is 1.00 bits per heavy atom. The second-order valence-corrected chi connectivity index (χ2v) is 5.18. The van der Waals surface area contributed by atoms with E-state index in [1.54, 1.807) is 0 Å². The fraction of sp³-hybridized carbons (Fsp3) is 0.625. The molecule has 0 N–H and O–H groups in total. The molecular weight excluding hydrogens is 208 g/mol. The molecule has 0 radical (unpaired) electrons. The quantitative estimate of drug-likeness (QED) is 0.626. The summed E-state index contributed by atoms with van der Waals surface area (Å²) in [4.78, 5) is 0. The zero-order chi connectivity index (χ0) is 11.8. The third-order valence-electron chi connectivity index (χ3n) is 3.74. The van der Waals surface area contributed by atoms with Crippen LogP contribution in [-0.4, -0.2) is 6.61 Å². The van der Waals surface area contributed by atoms with Crippen LogP contribution < -0.4 is 0 Å². The van der Waals surface area contributed by atoms with Gasteiger partial charge in [0.1, 0.15) is 0 Å². The lowest BCUT2D eigenvalue weighted by Crippen LogP contribution is -1.98. The van der Waals surface area contributed by atoms with Crippen LogP contribution in [0.25, 0.3) is 0 Å². The SMILES string of the molecule is c1ccc(COCCCCC2CCCC2)cc1. The Hall–Kier alpha value is -0.820. The first kappa shape index (κ1) is 12.6. The first-order valence-corrected chi connectivity index (χ1v) is 7.07. The van der Waals surface area contributed by atoms with E-state index in [1.807, 2.05) is 6.07 Å². The summed E-state index contributed by atoms with van der Waals surface area (Å²) in [6, 6.07) is 10.4. The maximum atomic E-state index is 5.68. The largest absolute Gasteiger partial charge is 0.377 e. The molecule has 0 heterocycles. The van der Waals surface area contributed by atoms with Gasteiger partial charge in [-0.15, -0.1) is 0 Å². The van der Waals surface area contributed by atoms with Gasteiger partial charge in [-0.05, 0) is 17.9 Å². The highest BCUT2D eigenvalue weighted by molar-refractivity contribution is 5.13. The molecule has 0 aromatic heterocycles. The van der Waals surface area contributed by atoms with Gasteiger partial charge in [0.2, 0.25) is 0 Å². The Labute approximate surface area is 105 Å². The van der Waals surface area contributed by atoms with E-state index >= 15 is 0 Å². The van der Waals surface area contributed by atoms with E-state index in [0.29, 0.717) is 0 Å². The molecule has 1 heteroatoms. The Morgan fingerprint density at radius 3 is 2.53 bits per heavy atom. The molecule has 1 fully saturated rings. The summed E-state index contributed by atoms with van der Waals surface area (Å²) >= 11 is 0. The molecule has 0 amide bonds. The molecule has 0 unspecified atom stereocenters. The van der Waals surface area contributed by atoms with Crippen molar-refractivity contribution in [2.24, 2.45) is 5.92 Å². The summed E-state index contributed by atoms with van der Waals surface area (Å²) in [7, 11) is 0. The third kappa shape index (κ3) is 4.91. The van der Waals surface area contributed by atoms with Crippen LogP contribution in [0.4, 0.5) is 0 Å². The smallest absolute Gasteiger partial charge is 0.0716 e. The van der Waals surface area contributed by atoms with Crippen molar-refractivity contribution in [2.75, 3.05) is 6.61 Å². The molecule has 17 heavy (non-hydrogen) atoms. The van der Waals surface area contributed by atoms with E-state index in [9.17, 15) is 0 Å². The van der Waals surface area contributed by atoms with Gasteiger partial charge in [-0.2, -0.15) is 0 Å². The Balaban J connectivity index is 1.46. The van der Waals surface area contributed by atoms with Crippen LogP contribution in [-0.2, 0) is 11.3 Å². The van der Waals surface area contributed by atoms with Gasteiger partial charge in [0.15, 0.2) is 0 Å². The first-order chi connectivity index (χ1) is 8.45. The Kier molecular flexibility index (Phi) is 5.57. The van der Waals surface area contributed by atoms with Crippen molar-refractivity contribution < 1.29 is 4.74 Å². The van der Waals surface area contributed by atoms with E-state index in [0.717, 1.165) is 19.1 Å². The van der Waals surface area contributed by atoms with Crippen molar-refractivity contribution in [2.45, 2.75) is 51.6 Å². The third-order valence-corrected chi connectivity index (χ3v) is 3.74. The molecule has 1 saturated carbocycles. The monoisotopic (exact) mass is 232 g/mol. The van der Waals surface area contributed by atoms with Gasteiger partial charge in [-0.1, -0.05) is 68.9 Å². The van der Waals surface area contributed by atoms with Gasteiger partial charge < -0.3 is 4.74 Å². The number of unbranched alkanes of at least 4 members (excludes halogenated alkanes) is 1. The standard InChI is InChI=1S/C16H24O/c1-2-11-16(12-3-1)14-17-13-7-6-10-15-8-4-5-9-15/h1-3,11-12,15H,4-10,13-14H2. The normalized spacial score (nSPS) is 16.5. The zero-order valence-corrected chi connectivity index (χ0v) is 10.7. The van der Waals surface area contributed by atoms with Gasteiger partial charge in [-0.25, -0.2) is 0 Å². The molecule has 1 aliphatic rings. The van der Waals surface area contributed by atoms with Crippen LogP contribution in [0, 0.1) is 5.92 Å². The maximum absolute atomic E-state index is 5.68. The molecule has 1 aromatic carbocycles. The number of hydrogen-bond acceptors (Lipinski definition) is 1. The molecule has 1 aliphatic carbocycles. The molecule has 94 valence electrons. The first-order valence-electron chi connectivity index (χ1n) is 7.07. The van der Waals surface area contributed by atoms with E-state index < -0.39 is 0 Å². The fourth-order valence-electron chi connectivity index (χ4n) is 2.70. The van der Waals surface area contributed by atoms with E-state index in [1.165, 1.54) is 50.5 Å². The topological polar surface area (TPSA) is 9.23 Å². The minimum atomic E-state index is 0.768. The molecule has 0 atom stereocenters. The average molecular weight is 232 g/mol. The van der Waals surface area contributed by atoms with Crippen molar-refractivity contribution in [3.63, 3.8) is 0 Å². The molecule has 1 nitrogen and oxygen atoms in total. The van der Waals surface area contributed by atoms with Crippen molar-refractivity contribution in [1.82, 2.24) is 0 Å². The molecule has 0 aliphatic heterocycles. The van der Waals surface area contributed by atoms with Crippen molar-refractivity contribution >= 4 is 0 Å². The lowest BCUT2D eigenvalue weighted by atomic mass is 10.0. The molecular formula is C16H24O. The van der Waals surface area contributed by atoms with Crippen LogP contribution in [0.2, 0.25) is 0 Å². The fourth-order valence-corrected chi connectivity index (χ4v) is 2.70. The lowest BCUT2D eigenvalue weighted by molar-refractivity contribution is 0.116. The van der Waals surface area contributed by atoms with Crippen LogP contribution in [0.1, 0.15) is 50.5 Å². The number of benzene rings is 1. The Bertz CT molecular complexity index is 288. The minimum absolute atomic E-state index is 0.768. The summed E-state index contributed by atoms with van der Waals surface area (Å²) in [5.74, 6) is 1.03.